The first-order valence-corrected chi connectivity index (χ1v) is 7.78. The number of aryl methyl sites for hydroxylation is 1. The van der Waals surface area contributed by atoms with E-state index in [0.717, 1.165) is 16.8 Å². The van der Waals surface area contributed by atoms with Crippen LogP contribution in [-0.2, 0) is 7.05 Å². The van der Waals surface area contributed by atoms with Crippen LogP contribution in [0.4, 0.5) is 0 Å². The fraction of sp³-hybridized carbons (Fsp3) is 0.846. The quantitative estimate of drug-likeness (QED) is 0.898. The lowest BCUT2D eigenvalue weighted by molar-refractivity contribution is 0.101. The summed E-state index contributed by atoms with van der Waals surface area (Å²) in [5, 5.41) is 12.0. The fourth-order valence-corrected chi connectivity index (χ4v) is 3.93. The molecule has 0 aliphatic heterocycles. The molecule has 1 N–H and O–H groups in total. The highest BCUT2D eigenvalue weighted by atomic mass is 79.9. The van der Waals surface area contributed by atoms with Crippen molar-refractivity contribution < 1.29 is 0 Å². The van der Waals surface area contributed by atoms with Gasteiger partial charge in [-0.05, 0) is 49.4 Å². The van der Waals surface area contributed by atoms with Gasteiger partial charge in [0, 0.05) is 12.6 Å². The SMILES string of the molecule is CCNC(c1c(Br)nnn1C)C1(N(C)C)CCCC1. The van der Waals surface area contributed by atoms with E-state index in [1.807, 2.05) is 11.7 Å². The van der Waals surface area contributed by atoms with Crippen LogP contribution in [0.1, 0.15) is 44.3 Å². The van der Waals surface area contributed by atoms with Crippen molar-refractivity contribution in [3.63, 3.8) is 0 Å². The molecule has 1 heterocycles. The van der Waals surface area contributed by atoms with Gasteiger partial charge in [0.15, 0.2) is 4.60 Å². The Morgan fingerprint density at radius 2 is 2.05 bits per heavy atom. The molecule has 1 aromatic rings. The number of hydrogen-bond acceptors (Lipinski definition) is 4. The van der Waals surface area contributed by atoms with Crippen LogP contribution in [-0.4, -0.2) is 46.1 Å². The summed E-state index contributed by atoms with van der Waals surface area (Å²) in [4.78, 5) is 2.38. The van der Waals surface area contributed by atoms with E-state index in [-0.39, 0.29) is 11.6 Å². The number of aromatic nitrogens is 3. The minimum absolute atomic E-state index is 0.161. The molecule has 0 saturated heterocycles. The van der Waals surface area contributed by atoms with Gasteiger partial charge in [0.1, 0.15) is 0 Å². The van der Waals surface area contributed by atoms with Crippen molar-refractivity contribution in [2.24, 2.45) is 7.05 Å². The van der Waals surface area contributed by atoms with Crippen molar-refractivity contribution in [1.82, 2.24) is 25.2 Å². The van der Waals surface area contributed by atoms with E-state index in [1.165, 1.54) is 25.7 Å². The lowest BCUT2D eigenvalue weighted by atomic mass is 9.84. The monoisotopic (exact) mass is 329 g/mol. The summed E-state index contributed by atoms with van der Waals surface area (Å²) in [5.41, 5.74) is 1.31. The molecule has 0 spiro atoms. The maximum atomic E-state index is 4.15. The maximum absolute atomic E-state index is 4.15. The average molecular weight is 330 g/mol. The van der Waals surface area contributed by atoms with Crippen molar-refractivity contribution in [2.45, 2.75) is 44.2 Å². The molecule has 0 amide bonds. The Morgan fingerprint density at radius 1 is 1.42 bits per heavy atom. The van der Waals surface area contributed by atoms with Crippen LogP contribution in [0, 0.1) is 0 Å². The summed E-state index contributed by atoms with van der Waals surface area (Å²) in [6.07, 6.45) is 5.02. The minimum Gasteiger partial charge on any atom is -0.307 e. The first-order valence-electron chi connectivity index (χ1n) is 6.99. The first kappa shape index (κ1) is 14.9. The largest absolute Gasteiger partial charge is 0.307 e. The van der Waals surface area contributed by atoms with E-state index < -0.39 is 0 Å². The molecule has 1 saturated carbocycles. The number of likely N-dealkylation sites (N-methyl/N-ethyl adjacent to an activating group) is 2. The third-order valence-electron chi connectivity index (χ3n) is 4.41. The predicted molar refractivity (Wildman–Crippen MR) is 80.0 cm³/mol. The van der Waals surface area contributed by atoms with Crippen LogP contribution in [0.15, 0.2) is 4.60 Å². The maximum Gasteiger partial charge on any atom is 0.153 e. The van der Waals surface area contributed by atoms with Crippen LogP contribution in [0.25, 0.3) is 0 Å². The van der Waals surface area contributed by atoms with E-state index in [0.29, 0.717) is 0 Å². The molecule has 5 nitrogen and oxygen atoms in total. The molecule has 6 heteroatoms. The van der Waals surface area contributed by atoms with Crippen LogP contribution < -0.4 is 5.32 Å². The molecule has 19 heavy (non-hydrogen) atoms. The van der Waals surface area contributed by atoms with Crippen molar-refractivity contribution in [1.29, 1.82) is 0 Å². The van der Waals surface area contributed by atoms with Gasteiger partial charge in [-0.2, -0.15) is 0 Å². The molecule has 1 aliphatic carbocycles. The van der Waals surface area contributed by atoms with Gasteiger partial charge in [-0.1, -0.05) is 25.0 Å². The summed E-state index contributed by atoms with van der Waals surface area (Å²) in [6.45, 7) is 3.10. The van der Waals surface area contributed by atoms with Gasteiger partial charge in [0.25, 0.3) is 0 Å². The van der Waals surface area contributed by atoms with E-state index in [1.54, 1.807) is 0 Å². The number of halogens is 1. The number of nitrogens with one attached hydrogen (secondary N) is 1. The number of rotatable bonds is 5. The van der Waals surface area contributed by atoms with Crippen LogP contribution >= 0.6 is 15.9 Å². The molecule has 1 aromatic heterocycles. The summed E-state index contributed by atoms with van der Waals surface area (Å²) >= 11 is 3.56. The molecule has 1 unspecified atom stereocenters. The zero-order valence-electron chi connectivity index (χ0n) is 12.3. The number of nitrogens with zero attached hydrogens (tertiary/aromatic N) is 4. The second-order valence-electron chi connectivity index (χ2n) is 5.58. The fourth-order valence-electron chi connectivity index (χ4n) is 3.37. The van der Waals surface area contributed by atoms with Crippen LogP contribution in [0.2, 0.25) is 0 Å². The Kier molecular flexibility index (Phi) is 4.63. The van der Waals surface area contributed by atoms with E-state index in [2.05, 4.69) is 57.5 Å². The normalized spacial score (nSPS) is 20.1. The second kappa shape index (κ2) is 5.89. The number of hydrogen-bond donors (Lipinski definition) is 1. The zero-order chi connectivity index (χ0) is 14.0. The van der Waals surface area contributed by atoms with Gasteiger partial charge in [0.2, 0.25) is 0 Å². The molecule has 108 valence electrons. The predicted octanol–water partition coefficient (Wildman–Crippen LogP) is 2.10. The molecule has 0 radical (unpaired) electrons. The summed E-state index contributed by atoms with van der Waals surface area (Å²) in [6, 6.07) is 0.254. The van der Waals surface area contributed by atoms with Gasteiger partial charge >= 0.3 is 0 Å². The van der Waals surface area contributed by atoms with Gasteiger partial charge < -0.3 is 10.2 Å². The minimum atomic E-state index is 0.161. The third-order valence-corrected chi connectivity index (χ3v) is 4.97. The zero-order valence-corrected chi connectivity index (χ0v) is 13.9. The van der Waals surface area contributed by atoms with Crippen LogP contribution in [0.3, 0.4) is 0 Å². The van der Waals surface area contributed by atoms with Gasteiger partial charge in [-0.3, -0.25) is 0 Å². The first-order chi connectivity index (χ1) is 9.03. The lowest BCUT2D eigenvalue weighted by Crippen LogP contribution is -2.52. The molecule has 2 rings (SSSR count). The topological polar surface area (TPSA) is 46.0 Å². The Bertz CT molecular complexity index is 403. The standard InChI is InChI=1S/C13H24BrN5/c1-5-15-11(10-12(14)16-17-19(10)4)13(18(2)3)8-6-7-9-13/h11,15H,5-9H2,1-4H3. The molecule has 1 atom stereocenters. The highest BCUT2D eigenvalue weighted by Crippen LogP contribution is 2.44. The summed E-state index contributed by atoms with van der Waals surface area (Å²) in [5.74, 6) is 0. The van der Waals surface area contributed by atoms with Gasteiger partial charge in [-0.25, -0.2) is 4.68 Å². The Balaban J connectivity index is 2.44. The Hall–Kier alpha value is -0.460. The second-order valence-corrected chi connectivity index (χ2v) is 6.34. The van der Waals surface area contributed by atoms with Crippen molar-refractivity contribution in [2.75, 3.05) is 20.6 Å². The molecule has 0 bridgehead atoms. The molecular weight excluding hydrogens is 306 g/mol. The molecule has 1 fully saturated rings. The highest BCUT2D eigenvalue weighted by molar-refractivity contribution is 9.10. The van der Waals surface area contributed by atoms with Crippen molar-refractivity contribution in [3.05, 3.63) is 10.3 Å². The van der Waals surface area contributed by atoms with Crippen molar-refractivity contribution in [3.8, 4) is 0 Å². The lowest BCUT2D eigenvalue weighted by Gasteiger charge is -2.43. The van der Waals surface area contributed by atoms with Crippen molar-refractivity contribution >= 4 is 15.9 Å². The Morgan fingerprint density at radius 3 is 2.47 bits per heavy atom. The highest BCUT2D eigenvalue weighted by Gasteiger charge is 2.45. The smallest absolute Gasteiger partial charge is 0.153 e. The van der Waals surface area contributed by atoms with Crippen LogP contribution in [0.5, 0.6) is 0 Å². The van der Waals surface area contributed by atoms with E-state index in [9.17, 15) is 0 Å². The average Bonchev–Trinajstić information content (AvgIpc) is 2.96. The molecular formula is C13H24BrN5. The Labute approximate surface area is 123 Å². The van der Waals surface area contributed by atoms with Gasteiger partial charge in [-0.15, -0.1) is 5.10 Å². The molecule has 0 aromatic carbocycles. The van der Waals surface area contributed by atoms with E-state index >= 15 is 0 Å². The third kappa shape index (κ3) is 2.58. The van der Waals surface area contributed by atoms with E-state index in [4.69, 9.17) is 0 Å². The summed E-state index contributed by atoms with van der Waals surface area (Å²) in [7, 11) is 6.34. The molecule has 1 aliphatic rings. The summed E-state index contributed by atoms with van der Waals surface area (Å²) < 4.78 is 2.75. The van der Waals surface area contributed by atoms with Gasteiger partial charge in [0.05, 0.1) is 11.7 Å².